The number of hydrogen-bond acceptors (Lipinski definition) is 3. The highest BCUT2D eigenvalue weighted by Gasteiger charge is 2.32. The summed E-state index contributed by atoms with van der Waals surface area (Å²) < 4.78 is 0. The Bertz CT molecular complexity index is 993. The quantitative estimate of drug-likeness (QED) is 0.488. The van der Waals surface area contributed by atoms with Crippen LogP contribution in [0.3, 0.4) is 0 Å². The zero-order chi connectivity index (χ0) is 17.6. The molecule has 0 amide bonds. The van der Waals surface area contributed by atoms with Crippen LogP contribution >= 0.6 is 0 Å². The Morgan fingerprint density at radius 3 is 2.36 bits per heavy atom. The monoisotopic (exact) mass is 330 g/mol. The summed E-state index contributed by atoms with van der Waals surface area (Å²) in [5.74, 6) is 0. The Morgan fingerprint density at radius 1 is 0.880 bits per heavy atom. The van der Waals surface area contributed by atoms with Crippen molar-refractivity contribution in [3.05, 3.63) is 88.0 Å². The lowest BCUT2D eigenvalue weighted by Crippen LogP contribution is -2.25. The topological polar surface area (TPSA) is 55.2 Å². The number of nitro benzene ring substituents is 1. The van der Waals surface area contributed by atoms with Gasteiger partial charge in [0.25, 0.3) is 5.69 Å². The van der Waals surface area contributed by atoms with Crippen molar-refractivity contribution in [3.63, 3.8) is 0 Å². The van der Waals surface area contributed by atoms with Crippen LogP contribution in [0, 0.1) is 10.1 Å². The van der Waals surface area contributed by atoms with Crippen LogP contribution in [0.5, 0.6) is 0 Å². The van der Waals surface area contributed by atoms with E-state index in [-0.39, 0.29) is 16.0 Å². The lowest BCUT2D eigenvalue weighted by Gasteiger charge is -2.36. The summed E-state index contributed by atoms with van der Waals surface area (Å²) in [6.45, 7) is 4.38. The lowest BCUT2D eigenvalue weighted by molar-refractivity contribution is -0.384. The van der Waals surface area contributed by atoms with Crippen molar-refractivity contribution in [2.24, 2.45) is 0 Å². The maximum absolute atomic E-state index is 11.4. The highest BCUT2D eigenvalue weighted by Crippen LogP contribution is 2.46. The van der Waals surface area contributed by atoms with E-state index in [1.54, 1.807) is 18.2 Å². The van der Waals surface area contributed by atoms with E-state index in [0.29, 0.717) is 5.56 Å². The Labute approximate surface area is 146 Å². The van der Waals surface area contributed by atoms with Crippen LogP contribution in [-0.4, -0.2) is 4.92 Å². The fourth-order valence-corrected chi connectivity index (χ4v) is 3.64. The average Bonchev–Trinajstić information content (AvgIpc) is 2.62. The highest BCUT2D eigenvalue weighted by atomic mass is 16.6. The molecular formula is C21H18N2O2. The minimum Gasteiger partial charge on any atom is -0.355 e. The summed E-state index contributed by atoms with van der Waals surface area (Å²) in [6.07, 6.45) is 0. The van der Waals surface area contributed by atoms with Gasteiger partial charge >= 0.3 is 0 Å². The predicted octanol–water partition coefficient (Wildman–Crippen LogP) is 5.64. The van der Waals surface area contributed by atoms with Gasteiger partial charge in [0.05, 0.1) is 10.5 Å². The largest absolute Gasteiger partial charge is 0.355 e. The molecule has 1 N–H and O–H groups in total. The second kappa shape index (κ2) is 5.45. The first kappa shape index (κ1) is 15.4. The molecule has 4 rings (SSSR count). The van der Waals surface area contributed by atoms with E-state index in [1.165, 1.54) is 5.56 Å². The van der Waals surface area contributed by atoms with Crippen LogP contribution in [0.2, 0.25) is 0 Å². The minimum absolute atomic E-state index is 0.129. The van der Waals surface area contributed by atoms with E-state index in [9.17, 15) is 10.1 Å². The van der Waals surface area contributed by atoms with Crippen LogP contribution in [0.1, 0.15) is 25.0 Å². The summed E-state index contributed by atoms with van der Waals surface area (Å²) >= 11 is 0. The van der Waals surface area contributed by atoms with Crippen LogP contribution in [-0.2, 0) is 5.41 Å². The molecule has 124 valence electrons. The summed E-state index contributed by atoms with van der Waals surface area (Å²) in [7, 11) is 0. The standard InChI is InChI=1S/C21H18N2O2/c1-21(2)16-8-4-5-9-18(16)22-19-12-11-14(13-17(19)21)15-7-3-6-10-20(15)23(24)25/h3-13,22H,1-2H3. The van der Waals surface area contributed by atoms with Gasteiger partial charge in [-0.25, -0.2) is 0 Å². The molecule has 0 spiro atoms. The molecule has 3 aromatic carbocycles. The minimum atomic E-state index is -0.326. The van der Waals surface area contributed by atoms with Gasteiger partial charge in [-0.2, -0.15) is 0 Å². The molecule has 0 saturated carbocycles. The van der Waals surface area contributed by atoms with Crippen molar-refractivity contribution < 1.29 is 4.92 Å². The van der Waals surface area contributed by atoms with Crippen LogP contribution in [0.4, 0.5) is 17.1 Å². The van der Waals surface area contributed by atoms with Crippen LogP contribution in [0.15, 0.2) is 66.7 Å². The molecule has 1 aliphatic heterocycles. The first-order valence-corrected chi connectivity index (χ1v) is 8.23. The molecule has 1 aliphatic rings. The normalized spacial score (nSPS) is 14.2. The number of nitrogens with one attached hydrogen (secondary N) is 1. The molecule has 1 heterocycles. The zero-order valence-corrected chi connectivity index (χ0v) is 14.1. The molecule has 4 nitrogen and oxygen atoms in total. The number of anilines is 2. The third-order valence-corrected chi connectivity index (χ3v) is 4.97. The number of para-hydroxylation sites is 2. The summed E-state index contributed by atoms with van der Waals surface area (Å²) in [4.78, 5) is 11.0. The summed E-state index contributed by atoms with van der Waals surface area (Å²) in [5, 5.41) is 14.8. The maximum atomic E-state index is 11.4. The molecule has 0 unspecified atom stereocenters. The summed E-state index contributed by atoms with van der Waals surface area (Å²) in [5.41, 5.74) is 5.97. The van der Waals surface area contributed by atoms with Gasteiger partial charge < -0.3 is 5.32 Å². The Hall–Kier alpha value is -3.14. The second-order valence-electron chi connectivity index (χ2n) is 6.83. The number of rotatable bonds is 2. The molecular weight excluding hydrogens is 312 g/mol. The van der Waals surface area contributed by atoms with Crippen molar-refractivity contribution in [1.82, 2.24) is 0 Å². The molecule has 0 bridgehead atoms. The van der Waals surface area contributed by atoms with E-state index < -0.39 is 0 Å². The molecule has 4 heteroatoms. The number of hydrogen-bond donors (Lipinski definition) is 1. The van der Waals surface area contributed by atoms with Crippen LogP contribution in [0.25, 0.3) is 11.1 Å². The predicted molar refractivity (Wildman–Crippen MR) is 100 cm³/mol. The third-order valence-electron chi connectivity index (χ3n) is 4.97. The van der Waals surface area contributed by atoms with Crippen molar-refractivity contribution in [3.8, 4) is 11.1 Å². The third kappa shape index (κ3) is 2.38. The maximum Gasteiger partial charge on any atom is 0.277 e. The van der Waals surface area contributed by atoms with Crippen molar-refractivity contribution in [2.45, 2.75) is 19.3 Å². The lowest BCUT2D eigenvalue weighted by atomic mass is 9.73. The first-order valence-electron chi connectivity index (χ1n) is 8.23. The van der Waals surface area contributed by atoms with E-state index in [2.05, 4.69) is 37.4 Å². The van der Waals surface area contributed by atoms with Gasteiger partial charge in [-0.05, 0) is 41.0 Å². The number of nitro groups is 1. The smallest absolute Gasteiger partial charge is 0.277 e. The van der Waals surface area contributed by atoms with Gasteiger partial charge in [0.1, 0.15) is 0 Å². The zero-order valence-electron chi connectivity index (χ0n) is 14.1. The molecule has 0 radical (unpaired) electrons. The molecule has 0 atom stereocenters. The van der Waals surface area contributed by atoms with Gasteiger partial charge in [-0.15, -0.1) is 0 Å². The highest BCUT2D eigenvalue weighted by molar-refractivity contribution is 5.81. The molecule has 0 aliphatic carbocycles. The number of fused-ring (bicyclic) bond motifs is 2. The number of nitrogens with zero attached hydrogens (tertiary/aromatic N) is 1. The number of benzene rings is 3. The van der Waals surface area contributed by atoms with Gasteiger partial charge in [-0.3, -0.25) is 10.1 Å². The average molecular weight is 330 g/mol. The van der Waals surface area contributed by atoms with Gasteiger partial charge in [0.2, 0.25) is 0 Å². The van der Waals surface area contributed by atoms with Gasteiger partial charge in [-0.1, -0.05) is 50.2 Å². The van der Waals surface area contributed by atoms with Crippen molar-refractivity contribution in [2.75, 3.05) is 5.32 Å². The van der Waals surface area contributed by atoms with Crippen LogP contribution < -0.4 is 5.32 Å². The molecule has 0 fully saturated rings. The Morgan fingerprint density at radius 2 is 1.56 bits per heavy atom. The molecule has 3 aromatic rings. The van der Waals surface area contributed by atoms with Crippen molar-refractivity contribution in [1.29, 1.82) is 0 Å². The summed E-state index contributed by atoms with van der Waals surface area (Å²) in [6, 6.07) is 21.2. The second-order valence-corrected chi connectivity index (χ2v) is 6.83. The van der Waals surface area contributed by atoms with Gasteiger partial charge in [0.15, 0.2) is 0 Å². The van der Waals surface area contributed by atoms with E-state index in [4.69, 9.17) is 0 Å². The van der Waals surface area contributed by atoms with E-state index in [0.717, 1.165) is 22.5 Å². The van der Waals surface area contributed by atoms with E-state index in [1.807, 2.05) is 30.3 Å². The van der Waals surface area contributed by atoms with Crippen molar-refractivity contribution >= 4 is 17.1 Å². The Balaban J connectivity index is 1.89. The van der Waals surface area contributed by atoms with E-state index >= 15 is 0 Å². The fraction of sp³-hybridized carbons (Fsp3) is 0.143. The first-order chi connectivity index (χ1) is 12.0. The van der Waals surface area contributed by atoms with Gasteiger partial charge in [0, 0.05) is 22.9 Å². The Kier molecular flexibility index (Phi) is 3.35. The molecule has 0 saturated heterocycles. The SMILES string of the molecule is CC1(C)c2ccccc2Nc2ccc(-c3ccccc3[N+](=O)[O-])cc21. The molecule has 25 heavy (non-hydrogen) atoms. The fourth-order valence-electron chi connectivity index (χ4n) is 3.64. The molecule has 0 aromatic heterocycles.